The number of aromatic amines is 1. The van der Waals surface area contributed by atoms with Gasteiger partial charge in [-0.3, -0.25) is 9.69 Å². The standard InChI is InChI=1S/C18H27N7O/c1-2-24-7-3-4-14(24)10-19-18(26)13-5-8-25(9-6-13)17-15-16(21-11-20-15)22-12-23-17/h11-14H,2-10H2,1H3,(H,19,26)(H,20,21,22,23). The van der Waals surface area contributed by atoms with Gasteiger partial charge in [0, 0.05) is 31.6 Å². The minimum Gasteiger partial charge on any atom is -0.355 e. The maximum atomic E-state index is 12.6. The largest absolute Gasteiger partial charge is 0.355 e. The van der Waals surface area contributed by atoms with E-state index >= 15 is 0 Å². The summed E-state index contributed by atoms with van der Waals surface area (Å²) in [5, 5.41) is 3.20. The van der Waals surface area contributed by atoms with E-state index < -0.39 is 0 Å². The third kappa shape index (κ3) is 3.38. The molecule has 2 aliphatic rings. The first-order valence-corrected chi connectivity index (χ1v) is 9.67. The second kappa shape index (κ2) is 7.57. The average molecular weight is 357 g/mol. The quantitative estimate of drug-likeness (QED) is 0.835. The van der Waals surface area contributed by atoms with Crippen LogP contribution in [0.25, 0.3) is 11.2 Å². The Balaban J connectivity index is 1.30. The molecule has 2 aromatic rings. The van der Waals surface area contributed by atoms with Gasteiger partial charge in [-0.25, -0.2) is 15.0 Å². The predicted octanol–water partition coefficient (Wildman–Crippen LogP) is 1.17. The molecule has 0 aliphatic carbocycles. The highest BCUT2D eigenvalue weighted by Gasteiger charge is 2.28. The lowest BCUT2D eigenvalue weighted by molar-refractivity contribution is -0.125. The molecule has 8 nitrogen and oxygen atoms in total. The Labute approximate surface area is 153 Å². The molecule has 2 aromatic heterocycles. The highest BCUT2D eigenvalue weighted by molar-refractivity contribution is 5.83. The Hall–Kier alpha value is -2.22. The summed E-state index contributed by atoms with van der Waals surface area (Å²) in [6.07, 6.45) is 7.35. The molecule has 2 aliphatic heterocycles. The zero-order valence-electron chi connectivity index (χ0n) is 15.3. The van der Waals surface area contributed by atoms with Gasteiger partial charge >= 0.3 is 0 Å². The SMILES string of the molecule is CCN1CCCC1CNC(=O)C1CCN(c2ncnc3nc[nH]c23)CC1. The summed E-state index contributed by atoms with van der Waals surface area (Å²) >= 11 is 0. The summed E-state index contributed by atoms with van der Waals surface area (Å²) in [6, 6.07) is 0.513. The molecule has 0 bridgehead atoms. The van der Waals surface area contributed by atoms with Crippen LogP contribution in [0, 0.1) is 5.92 Å². The summed E-state index contributed by atoms with van der Waals surface area (Å²) in [7, 11) is 0. The lowest BCUT2D eigenvalue weighted by Gasteiger charge is -2.32. The second-order valence-corrected chi connectivity index (χ2v) is 7.23. The van der Waals surface area contributed by atoms with Crippen molar-refractivity contribution in [1.82, 2.24) is 30.2 Å². The number of piperidine rings is 1. The van der Waals surface area contributed by atoms with Crippen molar-refractivity contribution in [3.05, 3.63) is 12.7 Å². The van der Waals surface area contributed by atoms with Crippen LogP contribution in [0.2, 0.25) is 0 Å². The molecule has 0 spiro atoms. The van der Waals surface area contributed by atoms with Gasteiger partial charge in [-0.2, -0.15) is 0 Å². The molecule has 8 heteroatoms. The van der Waals surface area contributed by atoms with Crippen molar-refractivity contribution in [1.29, 1.82) is 0 Å². The number of nitrogens with one attached hydrogen (secondary N) is 2. The zero-order chi connectivity index (χ0) is 17.9. The number of carbonyl (C=O) groups is 1. The molecule has 0 radical (unpaired) electrons. The molecule has 0 aromatic carbocycles. The fourth-order valence-electron chi connectivity index (χ4n) is 4.25. The van der Waals surface area contributed by atoms with Crippen molar-refractivity contribution in [3.63, 3.8) is 0 Å². The minimum atomic E-state index is 0.0989. The first kappa shape index (κ1) is 17.2. The monoisotopic (exact) mass is 357 g/mol. The van der Waals surface area contributed by atoms with E-state index in [1.807, 2.05) is 0 Å². The Kier molecular flexibility index (Phi) is 5.01. The number of aromatic nitrogens is 4. The van der Waals surface area contributed by atoms with E-state index in [1.54, 1.807) is 12.7 Å². The molecule has 4 rings (SSSR count). The number of nitrogens with zero attached hydrogens (tertiary/aromatic N) is 5. The first-order valence-electron chi connectivity index (χ1n) is 9.67. The lowest BCUT2D eigenvalue weighted by atomic mass is 9.95. The van der Waals surface area contributed by atoms with Gasteiger partial charge in [-0.05, 0) is 38.8 Å². The van der Waals surface area contributed by atoms with Gasteiger partial charge < -0.3 is 15.2 Å². The van der Waals surface area contributed by atoms with Gasteiger partial charge in [0.25, 0.3) is 0 Å². The van der Waals surface area contributed by atoms with Crippen LogP contribution in [0.5, 0.6) is 0 Å². The molecule has 26 heavy (non-hydrogen) atoms. The predicted molar refractivity (Wildman–Crippen MR) is 99.9 cm³/mol. The van der Waals surface area contributed by atoms with Gasteiger partial charge in [0.2, 0.25) is 5.91 Å². The number of fused-ring (bicyclic) bond motifs is 1. The maximum Gasteiger partial charge on any atom is 0.223 e. The molecule has 1 unspecified atom stereocenters. The molecule has 0 saturated carbocycles. The normalized spacial score (nSPS) is 22.2. The van der Waals surface area contributed by atoms with E-state index in [-0.39, 0.29) is 11.8 Å². The van der Waals surface area contributed by atoms with Crippen molar-refractivity contribution in [2.75, 3.05) is 37.6 Å². The van der Waals surface area contributed by atoms with Gasteiger partial charge in [-0.15, -0.1) is 0 Å². The summed E-state index contributed by atoms with van der Waals surface area (Å²) in [5.41, 5.74) is 1.56. The van der Waals surface area contributed by atoms with Crippen LogP contribution in [0.3, 0.4) is 0 Å². The molecule has 140 valence electrons. The fraction of sp³-hybridized carbons (Fsp3) is 0.667. The number of imidazole rings is 1. The number of amides is 1. The average Bonchev–Trinajstić information content (AvgIpc) is 3.34. The zero-order valence-corrected chi connectivity index (χ0v) is 15.3. The first-order chi connectivity index (χ1) is 12.8. The van der Waals surface area contributed by atoms with Crippen LogP contribution >= 0.6 is 0 Å². The van der Waals surface area contributed by atoms with Gasteiger partial charge in [0.15, 0.2) is 11.5 Å². The number of anilines is 1. The lowest BCUT2D eigenvalue weighted by Crippen LogP contribution is -2.45. The van der Waals surface area contributed by atoms with E-state index in [1.165, 1.54) is 12.8 Å². The van der Waals surface area contributed by atoms with Crippen LogP contribution in [0.4, 0.5) is 5.82 Å². The Morgan fingerprint density at radius 3 is 2.88 bits per heavy atom. The van der Waals surface area contributed by atoms with Crippen LogP contribution < -0.4 is 10.2 Å². The summed E-state index contributed by atoms with van der Waals surface area (Å²) in [5.74, 6) is 1.19. The van der Waals surface area contributed by atoms with Crippen LogP contribution in [-0.4, -0.2) is 69.5 Å². The number of likely N-dealkylation sites (N-methyl/N-ethyl adjacent to an activating group) is 1. The van der Waals surface area contributed by atoms with Crippen molar-refractivity contribution >= 4 is 22.9 Å². The summed E-state index contributed by atoms with van der Waals surface area (Å²) in [6.45, 7) is 6.87. The molecular weight excluding hydrogens is 330 g/mol. The molecule has 1 amide bonds. The van der Waals surface area contributed by atoms with Crippen molar-refractivity contribution in [2.45, 2.75) is 38.6 Å². The van der Waals surface area contributed by atoms with Crippen molar-refractivity contribution < 1.29 is 4.79 Å². The van der Waals surface area contributed by atoms with Gasteiger partial charge in [0.05, 0.1) is 6.33 Å². The minimum absolute atomic E-state index is 0.0989. The Morgan fingerprint density at radius 1 is 1.23 bits per heavy atom. The Bertz CT molecular complexity index is 753. The molecule has 2 N–H and O–H groups in total. The molecule has 4 heterocycles. The van der Waals surface area contributed by atoms with Gasteiger partial charge in [0.1, 0.15) is 11.8 Å². The number of rotatable bonds is 5. The van der Waals surface area contributed by atoms with Crippen molar-refractivity contribution in [2.24, 2.45) is 5.92 Å². The highest BCUT2D eigenvalue weighted by Crippen LogP contribution is 2.26. The molecule has 2 fully saturated rings. The van der Waals surface area contributed by atoms with E-state index in [4.69, 9.17) is 0 Å². The van der Waals surface area contributed by atoms with E-state index in [0.29, 0.717) is 11.7 Å². The molecular formula is C18H27N7O. The van der Waals surface area contributed by atoms with Crippen LogP contribution in [-0.2, 0) is 4.79 Å². The fourth-order valence-corrected chi connectivity index (χ4v) is 4.25. The number of H-pyrrole nitrogens is 1. The van der Waals surface area contributed by atoms with E-state index in [9.17, 15) is 4.79 Å². The number of carbonyl (C=O) groups excluding carboxylic acids is 1. The maximum absolute atomic E-state index is 12.6. The third-order valence-corrected chi connectivity index (χ3v) is 5.79. The topological polar surface area (TPSA) is 90.0 Å². The third-order valence-electron chi connectivity index (χ3n) is 5.79. The smallest absolute Gasteiger partial charge is 0.223 e. The Morgan fingerprint density at radius 2 is 2.08 bits per heavy atom. The number of hydrogen-bond donors (Lipinski definition) is 2. The summed E-state index contributed by atoms with van der Waals surface area (Å²) in [4.78, 5) is 33.2. The van der Waals surface area contributed by atoms with Crippen LogP contribution in [0.1, 0.15) is 32.6 Å². The molecule has 1 atom stereocenters. The van der Waals surface area contributed by atoms with E-state index in [2.05, 4.69) is 42.0 Å². The second-order valence-electron chi connectivity index (χ2n) is 7.23. The van der Waals surface area contributed by atoms with E-state index in [0.717, 1.165) is 56.9 Å². The van der Waals surface area contributed by atoms with Crippen LogP contribution in [0.15, 0.2) is 12.7 Å². The van der Waals surface area contributed by atoms with Gasteiger partial charge in [-0.1, -0.05) is 6.92 Å². The molecule has 2 saturated heterocycles. The number of hydrogen-bond acceptors (Lipinski definition) is 6. The number of likely N-dealkylation sites (tertiary alicyclic amines) is 1. The summed E-state index contributed by atoms with van der Waals surface area (Å²) < 4.78 is 0. The van der Waals surface area contributed by atoms with Crippen molar-refractivity contribution in [3.8, 4) is 0 Å². The highest BCUT2D eigenvalue weighted by atomic mass is 16.1.